The van der Waals surface area contributed by atoms with E-state index in [0.29, 0.717) is 12.2 Å². The lowest BCUT2D eigenvalue weighted by Crippen LogP contribution is -2.27. The van der Waals surface area contributed by atoms with Crippen molar-refractivity contribution in [2.45, 2.75) is 26.6 Å². The van der Waals surface area contributed by atoms with Crippen molar-refractivity contribution >= 4 is 11.9 Å². The molecule has 6 nitrogen and oxygen atoms in total. The van der Waals surface area contributed by atoms with Crippen molar-refractivity contribution in [1.82, 2.24) is 5.32 Å². The van der Waals surface area contributed by atoms with Gasteiger partial charge in [-0.3, -0.25) is 4.79 Å². The summed E-state index contributed by atoms with van der Waals surface area (Å²) in [5.74, 6) is -1.24. The van der Waals surface area contributed by atoms with Gasteiger partial charge in [0.25, 0.3) is 5.91 Å². The Balaban J connectivity index is 2.32. The van der Waals surface area contributed by atoms with E-state index in [1.165, 1.54) is 0 Å². The average molecular weight is 295 g/mol. The van der Waals surface area contributed by atoms with Crippen LogP contribution in [-0.4, -0.2) is 42.8 Å². The lowest BCUT2D eigenvalue weighted by atomic mass is 10.1. The van der Waals surface area contributed by atoms with Crippen LogP contribution in [0.15, 0.2) is 24.3 Å². The van der Waals surface area contributed by atoms with E-state index in [0.717, 1.165) is 5.56 Å². The molecule has 1 aromatic rings. The molecule has 116 valence electrons. The lowest BCUT2D eigenvalue weighted by molar-refractivity contribution is -0.142. The molecule has 0 unspecified atom stereocenters. The van der Waals surface area contributed by atoms with Crippen LogP contribution in [0, 0.1) is 0 Å². The van der Waals surface area contributed by atoms with Crippen molar-refractivity contribution in [3.8, 4) is 0 Å². The monoisotopic (exact) mass is 295 g/mol. The molecule has 0 fully saturated rings. The van der Waals surface area contributed by atoms with Gasteiger partial charge in [0.15, 0.2) is 0 Å². The first kappa shape index (κ1) is 17.1. The minimum absolute atomic E-state index is 0.165. The van der Waals surface area contributed by atoms with E-state index in [4.69, 9.17) is 14.6 Å². The molecule has 0 aromatic heterocycles. The molecule has 0 saturated heterocycles. The molecule has 0 spiro atoms. The number of rotatable bonds is 9. The first-order chi connectivity index (χ1) is 9.99. The van der Waals surface area contributed by atoms with Gasteiger partial charge in [0.2, 0.25) is 0 Å². The molecule has 0 aliphatic heterocycles. The number of aliphatic carboxylic acids is 1. The highest BCUT2D eigenvalue weighted by atomic mass is 16.5. The number of carbonyl (C=O) groups is 2. The molecular weight excluding hydrogens is 274 g/mol. The molecule has 2 N–H and O–H groups in total. The van der Waals surface area contributed by atoms with E-state index >= 15 is 0 Å². The smallest absolute Gasteiger partial charge is 0.329 e. The van der Waals surface area contributed by atoms with Crippen molar-refractivity contribution in [1.29, 1.82) is 0 Å². The number of carbonyl (C=O) groups excluding carboxylic acids is 1. The first-order valence-corrected chi connectivity index (χ1v) is 6.77. The number of benzene rings is 1. The molecule has 0 heterocycles. The van der Waals surface area contributed by atoms with Crippen LogP contribution in [0.2, 0.25) is 0 Å². The Hall–Kier alpha value is -1.92. The van der Waals surface area contributed by atoms with Crippen LogP contribution in [0.4, 0.5) is 0 Å². The maximum absolute atomic E-state index is 11.8. The molecule has 1 rings (SSSR count). The fraction of sp³-hybridized carbons (Fsp3) is 0.467. The fourth-order valence-corrected chi connectivity index (χ4v) is 1.51. The predicted molar refractivity (Wildman–Crippen MR) is 77.2 cm³/mol. The third-order valence-electron chi connectivity index (χ3n) is 2.56. The molecule has 6 heteroatoms. The molecule has 1 aromatic carbocycles. The van der Waals surface area contributed by atoms with Gasteiger partial charge in [-0.2, -0.15) is 0 Å². The Bertz CT molecular complexity index is 456. The topological polar surface area (TPSA) is 84.9 Å². The average Bonchev–Trinajstić information content (AvgIpc) is 2.44. The maximum atomic E-state index is 11.8. The highest BCUT2D eigenvalue weighted by Crippen LogP contribution is 2.07. The van der Waals surface area contributed by atoms with Crippen LogP contribution in [0.25, 0.3) is 0 Å². The van der Waals surface area contributed by atoms with Crippen molar-refractivity contribution in [3.05, 3.63) is 35.4 Å². The van der Waals surface area contributed by atoms with Gasteiger partial charge in [0.1, 0.15) is 6.61 Å². The summed E-state index contributed by atoms with van der Waals surface area (Å²) in [4.78, 5) is 22.0. The van der Waals surface area contributed by atoms with E-state index in [1.807, 2.05) is 26.0 Å². The van der Waals surface area contributed by atoms with Crippen molar-refractivity contribution in [2.75, 3.05) is 19.8 Å². The second kappa shape index (κ2) is 9.10. The molecule has 0 bridgehead atoms. The second-order valence-corrected chi connectivity index (χ2v) is 4.76. The lowest BCUT2D eigenvalue weighted by Gasteiger charge is -2.08. The Kier molecular flexibility index (Phi) is 7.42. The summed E-state index contributed by atoms with van der Waals surface area (Å²) in [5, 5.41) is 11.0. The molecule has 0 atom stereocenters. The molecular formula is C15H21NO5. The van der Waals surface area contributed by atoms with Crippen LogP contribution in [-0.2, 0) is 20.9 Å². The molecule has 0 aliphatic carbocycles. The zero-order valence-electron chi connectivity index (χ0n) is 12.3. The van der Waals surface area contributed by atoms with Crippen LogP contribution in [0.3, 0.4) is 0 Å². The summed E-state index contributed by atoms with van der Waals surface area (Å²) < 4.78 is 10.3. The SMILES string of the molecule is CC(C)OCc1ccc(C(=O)NCCOCC(=O)O)cc1. The van der Waals surface area contributed by atoms with Gasteiger partial charge in [-0.15, -0.1) is 0 Å². The third kappa shape index (κ3) is 7.43. The van der Waals surface area contributed by atoms with Gasteiger partial charge in [-0.05, 0) is 31.5 Å². The molecule has 0 radical (unpaired) electrons. The molecule has 0 saturated carbocycles. The standard InChI is InChI=1S/C15H21NO5/c1-11(2)21-9-12-3-5-13(6-4-12)15(19)16-7-8-20-10-14(17)18/h3-6,11H,7-10H2,1-2H3,(H,16,19)(H,17,18). The molecule has 0 aliphatic rings. The normalized spacial score (nSPS) is 10.6. The van der Waals surface area contributed by atoms with E-state index in [2.05, 4.69) is 5.32 Å². The molecule has 1 amide bonds. The minimum Gasteiger partial charge on any atom is -0.480 e. The number of hydrogen-bond acceptors (Lipinski definition) is 4. The number of carboxylic acid groups (broad SMARTS) is 1. The van der Waals surface area contributed by atoms with Crippen molar-refractivity contribution in [3.63, 3.8) is 0 Å². The van der Waals surface area contributed by atoms with E-state index in [-0.39, 0.29) is 31.8 Å². The minimum atomic E-state index is -1.03. The van der Waals surface area contributed by atoms with Crippen molar-refractivity contribution in [2.24, 2.45) is 0 Å². The maximum Gasteiger partial charge on any atom is 0.329 e. The largest absolute Gasteiger partial charge is 0.480 e. The summed E-state index contributed by atoms with van der Waals surface area (Å²) >= 11 is 0. The van der Waals surface area contributed by atoms with Gasteiger partial charge >= 0.3 is 5.97 Å². The van der Waals surface area contributed by atoms with E-state index in [1.54, 1.807) is 12.1 Å². The van der Waals surface area contributed by atoms with Gasteiger partial charge in [-0.25, -0.2) is 4.79 Å². The number of hydrogen-bond donors (Lipinski definition) is 2. The quantitative estimate of drug-likeness (QED) is 0.673. The Morgan fingerprint density at radius 3 is 2.48 bits per heavy atom. The van der Waals surface area contributed by atoms with Crippen molar-refractivity contribution < 1.29 is 24.2 Å². The van der Waals surface area contributed by atoms with Crippen LogP contribution in [0.5, 0.6) is 0 Å². The molecule has 21 heavy (non-hydrogen) atoms. The zero-order chi connectivity index (χ0) is 15.7. The van der Waals surface area contributed by atoms with Gasteiger partial charge in [-0.1, -0.05) is 12.1 Å². The fourth-order valence-electron chi connectivity index (χ4n) is 1.51. The highest BCUT2D eigenvalue weighted by Gasteiger charge is 2.05. The Labute approximate surface area is 124 Å². The first-order valence-electron chi connectivity index (χ1n) is 6.77. The Morgan fingerprint density at radius 2 is 1.90 bits per heavy atom. The Morgan fingerprint density at radius 1 is 1.24 bits per heavy atom. The number of ether oxygens (including phenoxy) is 2. The summed E-state index contributed by atoms with van der Waals surface area (Å²) in [6.07, 6.45) is 0.166. The summed E-state index contributed by atoms with van der Waals surface area (Å²) in [6.45, 7) is 4.52. The van der Waals surface area contributed by atoms with Gasteiger partial charge < -0.3 is 19.9 Å². The van der Waals surface area contributed by atoms with Gasteiger partial charge in [0.05, 0.1) is 19.3 Å². The van der Waals surface area contributed by atoms with Crippen LogP contribution >= 0.6 is 0 Å². The second-order valence-electron chi connectivity index (χ2n) is 4.76. The van der Waals surface area contributed by atoms with Gasteiger partial charge in [0, 0.05) is 12.1 Å². The zero-order valence-corrected chi connectivity index (χ0v) is 12.3. The number of nitrogens with one attached hydrogen (secondary N) is 1. The number of amides is 1. The summed E-state index contributed by atoms with van der Waals surface area (Å²) in [7, 11) is 0. The highest BCUT2D eigenvalue weighted by molar-refractivity contribution is 5.94. The van der Waals surface area contributed by atoms with Crippen LogP contribution < -0.4 is 5.32 Å². The summed E-state index contributed by atoms with van der Waals surface area (Å²) in [5.41, 5.74) is 1.55. The van der Waals surface area contributed by atoms with E-state index in [9.17, 15) is 9.59 Å². The third-order valence-corrected chi connectivity index (χ3v) is 2.56. The summed E-state index contributed by atoms with van der Waals surface area (Å²) in [6, 6.07) is 7.15. The predicted octanol–water partition coefficient (Wildman–Crippen LogP) is 1.44. The van der Waals surface area contributed by atoms with E-state index < -0.39 is 5.97 Å². The van der Waals surface area contributed by atoms with Crippen LogP contribution in [0.1, 0.15) is 29.8 Å². The number of carboxylic acids is 1.